The van der Waals surface area contributed by atoms with Crippen molar-refractivity contribution in [1.82, 2.24) is 19.9 Å². The first-order valence-corrected chi connectivity index (χ1v) is 20.6. The SMILES string of the molecule is CC1(C)c2ccccc2-c2cc3c(cc21)-c1ccccc1C31c2ccccc2C=Cc2ccc(-c3cc(-c4ccccc4)nc(-c4ccc(-c5cccnc5)nc4)n3)cc21. The number of hydrogen-bond acceptors (Lipinski definition) is 4. The zero-order valence-corrected chi connectivity index (χ0v) is 33.3. The Bertz CT molecular complexity index is 3220. The minimum Gasteiger partial charge on any atom is -0.264 e. The lowest BCUT2D eigenvalue weighted by Crippen LogP contribution is -2.30. The first kappa shape index (κ1) is 34.5. The summed E-state index contributed by atoms with van der Waals surface area (Å²) in [4.78, 5) is 19.6. The van der Waals surface area contributed by atoms with E-state index in [0.717, 1.165) is 39.3 Å². The average Bonchev–Trinajstić information content (AvgIpc) is 3.66. The van der Waals surface area contributed by atoms with Crippen molar-refractivity contribution < 1.29 is 0 Å². The Morgan fingerprint density at radius 1 is 0.383 bits per heavy atom. The summed E-state index contributed by atoms with van der Waals surface area (Å²) in [5.74, 6) is 0.625. The van der Waals surface area contributed by atoms with Crippen molar-refractivity contribution in [3.63, 3.8) is 0 Å². The Kier molecular flexibility index (Phi) is 7.45. The predicted molar refractivity (Wildman–Crippen MR) is 243 cm³/mol. The molecule has 6 aromatic carbocycles. The minimum atomic E-state index is -0.599. The summed E-state index contributed by atoms with van der Waals surface area (Å²) in [7, 11) is 0. The van der Waals surface area contributed by atoms with E-state index in [9.17, 15) is 0 Å². The first-order valence-electron chi connectivity index (χ1n) is 20.6. The number of pyridine rings is 2. The Balaban J connectivity index is 1.11. The summed E-state index contributed by atoms with van der Waals surface area (Å²) < 4.78 is 0. The van der Waals surface area contributed by atoms with Crippen LogP contribution in [0, 0.1) is 0 Å². The largest absolute Gasteiger partial charge is 0.264 e. The van der Waals surface area contributed by atoms with Crippen LogP contribution < -0.4 is 0 Å². The molecule has 0 fully saturated rings. The van der Waals surface area contributed by atoms with Gasteiger partial charge in [-0.1, -0.05) is 141 Å². The van der Waals surface area contributed by atoms with Crippen molar-refractivity contribution in [2.75, 3.05) is 0 Å². The molecule has 12 rings (SSSR count). The van der Waals surface area contributed by atoms with Gasteiger partial charge in [-0.2, -0.15) is 0 Å². The third-order valence-corrected chi connectivity index (χ3v) is 13.1. The van der Waals surface area contributed by atoms with Crippen molar-refractivity contribution in [1.29, 1.82) is 0 Å². The summed E-state index contributed by atoms with van der Waals surface area (Å²) >= 11 is 0. The number of fused-ring (bicyclic) bond motifs is 12. The van der Waals surface area contributed by atoms with Gasteiger partial charge in [-0.25, -0.2) is 9.97 Å². The number of nitrogens with zero attached hydrogens (tertiary/aromatic N) is 4. The van der Waals surface area contributed by atoms with Gasteiger partial charge in [0.15, 0.2) is 5.82 Å². The molecule has 0 N–H and O–H groups in total. The van der Waals surface area contributed by atoms with Crippen molar-refractivity contribution in [2.45, 2.75) is 24.7 Å². The molecule has 0 amide bonds. The van der Waals surface area contributed by atoms with E-state index >= 15 is 0 Å². The molecular weight excluding hydrogens is 729 g/mol. The van der Waals surface area contributed by atoms with Crippen LogP contribution in [0.2, 0.25) is 0 Å². The van der Waals surface area contributed by atoms with Crippen LogP contribution in [-0.2, 0) is 10.8 Å². The number of aromatic nitrogens is 4. The molecule has 0 radical (unpaired) electrons. The van der Waals surface area contributed by atoms with Gasteiger partial charge in [0.2, 0.25) is 0 Å². The van der Waals surface area contributed by atoms with Crippen LogP contribution in [0.1, 0.15) is 58.4 Å². The topological polar surface area (TPSA) is 51.6 Å². The predicted octanol–water partition coefficient (Wildman–Crippen LogP) is 13.1. The zero-order chi connectivity index (χ0) is 40.0. The number of hydrogen-bond donors (Lipinski definition) is 0. The second-order valence-electron chi connectivity index (χ2n) is 16.6. The molecule has 4 heteroatoms. The Hall–Kier alpha value is -7.56. The number of benzene rings is 6. The van der Waals surface area contributed by atoms with Crippen LogP contribution in [0.25, 0.3) is 79.6 Å². The molecule has 3 aliphatic rings. The highest BCUT2D eigenvalue weighted by Crippen LogP contribution is 2.62. The molecule has 3 aliphatic carbocycles. The maximum Gasteiger partial charge on any atom is 0.161 e. The Morgan fingerprint density at radius 2 is 1.02 bits per heavy atom. The first-order chi connectivity index (χ1) is 29.5. The molecule has 0 aliphatic heterocycles. The molecule has 1 atom stereocenters. The van der Waals surface area contributed by atoms with E-state index < -0.39 is 5.41 Å². The molecule has 4 nitrogen and oxygen atoms in total. The Labute approximate surface area is 349 Å². The van der Waals surface area contributed by atoms with Crippen molar-refractivity contribution in [3.05, 3.63) is 227 Å². The van der Waals surface area contributed by atoms with Gasteiger partial charge in [0, 0.05) is 46.3 Å². The standard InChI is InChI=1S/C56H38N4/c1-55(2)46-20-10-7-17-41(46)43-31-50-44(30-49(43)55)42-18-8-11-21-47(42)56(50)45-19-9-6-13-35(45)22-23-36-24-25-38(29-48(36)56)53-32-52(37-14-4-3-5-15-37)59-54(60-53)40-26-27-51(58-34-40)39-16-12-28-57-33-39/h3-34H,1-2H3. The van der Waals surface area contributed by atoms with E-state index in [4.69, 9.17) is 15.0 Å². The van der Waals surface area contributed by atoms with Gasteiger partial charge in [-0.3, -0.25) is 9.97 Å². The maximum absolute atomic E-state index is 5.33. The quantitative estimate of drug-likeness (QED) is 0.179. The summed E-state index contributed by atoms with van der Waals surface area (Å²) in [5, 5.41) is 0. The van der Waals surface area contributed by atoms with Crippen LogP contribution in [0.5, 0.6) is 0 Å². The van der Waals surface area contributed by atoms with E-state index in [1.807, 2.05) is 36.7 Å². The highest BCUT2D eigenvalue weighted by Gasteiger charge is 2.50. The van der Waals surface area contributed by atoms with Gasteiger partial charge in [0.25, 0.3) is 0 Å². The fourth-order valence-electron chi connectivity index (χ4n) is 10.2. The lowest BCUT2D eigenvalue weighted by atomic mass is 9.65. The molecule has 60 heavy (non-hydrogen) atoms. The lowest BCUT2D eigenvalue weighted by Gasteiger charge is -2.36. The van der Waals surface area contributed by atoms with Gasteiger partial charge in [-0.05, 0) is 115 Å². The van der Waals surface area contributed by atoms with Gasteiger partial charge in [0.05, 0.1) is 22.5 Å². The monoisotopic (exact) mass is 766 g/mol. The average molecular weight is 767 g/mol. The van der Waals surface area contributed by atoms with Crippen LogP contribution in [-0.4, -0.2) is 19.9 Å². The normalized spacial score (nSPS) is 16.0. The van der Waals surface area contributed by atoms with Crippen molar-refractivity contribution in [2.24, 2.45) is 0 Å². The second kappa shape index (κ2) is 13.0. The van der Waals surface area contributed by atoms with E-state index in [1.165, 1.54) is 66.8 Å². The molecule has 282 valence electrons. The molecule has 0 saturated carbocycles. The van der Waals surface area contributed by atoms with E-state index in [1.54, 1.807) is 6.20 Å². The molecule has 9 aromatic rings. The van der Waals surface area contributed by atoms with E-state index in [0.29, 0.717) is 5.82 Å². The van der Waals surface area contributed by atoms with Gasteiger partial charge < -0.3 is 0 Å². The second-order valence-corrected chi connectivity index (χ2v) is 16.6. The number of rotatable bonds is 4. The van der Waals surface area contributed by atoms with Crippen LogP contribution in [0.15, 0.2) is 182 Å². The maximum atomic E-state index is 5.33. The Morgan fingerprint density at radius 3 is 1.78 bits per heavy atom. The highest BCUT2D eigenvalue weighted by atomic mass is 14.9. The summed E-state index contributed by atoms with van der Waals surface area (Å²) in [6.45, 7) is 4.75. The molecular formula is C56H38N4. The van der Waals surface area contributed by atoms with Crippen molar-refractivity contribution in [3.8, 4) is 67.4 Å². The smallest absolute Gasteiger partial charge is 0.161 e. The molecule has 1 unspecified atom stereocenters. The summed E-state index contributed by atoms with van der Waals surface area (Å²) in [5.41, 5.74) is 21.3. The molecule has 3 aromatic heterocycles. The third-order valence-electron chi connectivity index (χ3n) is 13.1. The molecule has 0 bridgehead atoms. The van der Waals surface area contributed by atoms with Crippen LogP contribution in [0.4, 0.5) is 0 Å². The molecule has 3 heterocycles. The molecule has 1 spiro atoms. The zero-order valence-electron chi connectivity index (χ0n) is 33.3. The van der Waals surface area contributed by atoms with E-state index in [2.05, 4.69) is 171 Å². The van der Waals surface area contributed by atoms with E-state index in [-0.39, 0.29) is 5.41 Å². The summed E-state index contributed by atoms with van der Waals surface area (Å²) in [6.07, 6.45) is 10.1. The van der Waals surface area contributed by atoms with Gasteiger partial charge >= 0.3 is 0 Å². The van der Waals surface area contributed by atoms with Crippen LogP contribution >= 0.6 is 0 Å². The lowest BCUT2D eigenvalue weighted by molar-refractivity contribution is 0.660. The third kappa shape index (κ3) is 4.97. The fraction of sp³-hybridized carbons (Fsp3) is 0.0714. The van der Waals surface area contributed by atoms with Crippen LogP contribution in [0.3, 0.4) is 0 Å². The summed E-state index contributed by atoms with van der Waals surface area (Å²) in [6, 6.07) is 59.5. The van der Waals surface area contributed by atoms with Gasteiger partial charge in [-0.15, -0.1) is 0 Å². The minimum absolute atomic E-state index is 0.116. The fourth-order valence-corrected chi connectivity index (χ4v) is 10.2. The molecule has 0 saturated heterocycles. The highest BCUT2D eigenvalue weighted by molar-refractivity contribution is 5.95. The van der Waals surface area contributed by atoms with Gasteiger partial charge in [0.1, 0.15) is 0 Å². The van der Waals surface area contributed by atoms with Crippen molar-refractivity contribution >= 4 is 12.2 Å².